The van der Waals surface area contributed by atoms with Crippen molar-refractivity contribution >= 4 is 28.3 Å². The molecule has 0 bridgehead atoms. The minimum atomic E-state index is 0.00654. The van der Waals surface area contributed by atoms with Gasteiger partial charge in [-0.1, -0.05) is 48.0 Å². The first kappa shape index (κ1) is 15.7. The van der Waals surface area contributed by atoms with E-state index in [1.54, 1.807) is 0 Å². The fraction of sp³-hybridized carbons (Fsp3) is 0.0952. The summed E-state index contributed by atoms with van der Waals surface area (Å²) in [6.07, 6.45) is 1.92. The van der Waals surface area contributed by atoms with Gasteiger partial charge in [0.25, 0.3) is 5.82 Å². The largest absolute Gasteiger partial charge is 0.358 e. The second-order valence-corrected chi connectivity index (χ2v) is 6.55. The molecule has 25 heavy (non-hydrogen) atoms. The summed E-state index contributed by atoms with van der Waals surface area (Å²) in [5, 5.41) is 5.60. The van der Waals surface area contributed by atoms with Gasteiger partial charge >= 0.3 is 0 Å². The van der Waals surface area contributed by atoms with E-state index in [1.807, 2.05) is 36.5 Å². The number of halogens is 1. The Morgan fingerprint density at radius 3 is 2.48 bits per heavy atom. The number of benzene rings is 2. The second-order valence-electron chi connectivity index (χ2n) is 6.11. The maximum absolute atomic E-state index is 6.10. The number of pyridine rings is 1. The van der Waals surface area contributed by atoms with Gasteiger partial charge in [0.1, 0.15) is 6.04 Å². The Morgan fingerprint density at radius 1 is 0.960 bits per heavy atom. The Hall–Kier alpha value is -2.78. The lowest BCUT2D eigenvalue weighted by atomic mass is 9.96. The van der Waals surface area contributed by atoms with Crippen LogP contribution in [0, 0.1) is 6.92 Å². The molecule has 0 aliphatic carbocycles. The van der Waals surface area contributed by atoms with Crippen LogP contribution in [0.5, 0.6) is 0 Å². The van der Waals surface area contributed by atoms with Crippen LogP contribution in [0.25, 0.3) is 10.9 Å². The number of fused-ring (bicyclic) bond motifs is 1. The first-order chi connectivity index (χ1) is 12.2. The number of hydrogen-bond acceptors (Lipinski definition) is 1. The molecule has 4 heteroatoms. The van der Waals surface area contributed by atoms with Crippen LogP contribution >= 0.6 is 11.6 Å². The molecule has 4 rings (SSSR count). The molecule has 0 aliphatic heterocycles. The van der Waals surface area contributed by atoms with Gasteiger partial charge in [0.2, 0.25) is 0 Å². The van der Waals surface area contributed by atoms with E-state index in [0.29, 0.717) is 0 Å². The van der Waals surface area contributed by atoms with Crippen molar-refractivity contribution in [2.24, 2.45) is 0 Å². The molecular weight excluding hydrogens is 330 g/mol. The summed E-state index contributed by atoms with van der Waals surface area (Å²) in [5.74, 6) is 0.965. The van der Waals surface area contributed by atoms with E-state index in [4.69, 9.17) is 11.6 Å². The maximum Gasteiger partial charge on any atom is 0.272 e. The van der Waals surface area contributed by atoms with Crippen LogP contribution in [0.3, 0.4) is 0 Å². The molecule has 0 aliphatic rings. The highest BCUT2D eigenvalue weighted by molar-refractivity contribution is 6.30. The van der Waals surface area contributed by atoms with Gasteiger partial charge in [-0.05, 0) is 31.2 Å². The smallest absolute Gasteiger partial charge is 0.272 e. The van der Waals surface area contributed by atoms with Crippen molar-refractivity contribution in [1.82, 2.24) is 4.98 Å². The highest BCUT2D eigenvalue weighted by Gasteiger charge is 2.25. The molecule has 3 N–H and O–H groups in total. The van der Waals surface area contributed by atoms with Crippen molar-refractivity contribution in [2.45, 2.75) is 13.0 Å². The molecule has 0 saturated carbocycles. The van der Waals surface area contributed by atoms with Crippen molar-refractivity contribution in [3.63, 3.8) is 0 Å². The quantitative estimate of drug-likeness (QED) is 0.526. The standard InChI is InChI=1S/C21H18ClN3/c1-14-20(17-6-2-3-7-18(17)24-14)21(15-9-11-16(22)12-10-15)25-19-8-4-5-13-23-19/h2-13,21,24H,1H3,(H,23,25)/p+1/t21-/m0/s1. The summed E-state index contributed by atoms with van der Waals surface area (Å²) in [6.45, 7) is 2.12. The van der Waals surface area contributed by atoms with Gasteiger partial charge in [0, 0.05) is 38.8 Å². The van der Waals surface area contributed by atoms with Crippen LogP contribution in [0.2, 0.25) is 5.02 Å². The molecule has 2 aromatic heterocycles. The predicted octanol–water partition coefficient (Wildman–Crippen LogP) is 5.15. The van der Waals surface area contributed by atoms with Crippen molar-refractivity contribution in [3.8, 4) is 0 Å². The number of hydrogen-bond donors (Lipinski definition) is 2. The van der Waals surface area contributed by atoms with Crippen molar-refractivity contribution in [3.05, 3.63) is 94.8 Å². The van der Waals surface area contributed by atoms with Gasteiger partial charge in [-0.25, -0.2) is 4.98 Å². The minimum absolute atomic E-state index is 0.00654. The summed E-state index contributed by atoms with van der Waals surface area (Å²) >= 11 is 6.10. The molecule has 4 aromatic rings. The average molecular weight is 349 g/mol. The molecule has 1 atom stereocenters. The van der Waals surface area contributed by atoms with Gasteiger partial charge < -0.3 is 4.98 Å². The lowest BCUT2D eigenvalue weighted by molar-refractivity contribution is -0.361. The van der Waals surface area contributed by atoms with Gasteiger partial charge in [-0.15, -0.1) is 0 Å². The number of rotatable bonds is 4. The average Bonchev–Trinajstić information content (AvgIpc) is 2.97. The molecule has 124 valence electrons. The maximum atomic E-state index is 6.10. The Balaban J connectivity index is 1.87. The van der Waals surface area contributed by atoms with E-state index in [0.717, 1.165) is 27.6 Å². The lowest BCUT2D eigenvalue weighted by Crippen LogP contribution is -2.19. The number of anilines is 1. The molecular formula is C21H19ClN3+. The van der Waals surface area contributed by atoms with Crippen LogP contribution < -0.4 is 10.3 Å². The Kier molecular flexibility index (Phi) is 4.16. The third-order valence-electron chi connectivity index (χ3n) is 4.44. The van der Waals surface area contributed by atoms with E-state index >= 15 is 0 Å². The minimum Gasteiger partial charge on any atom is -0.358 e. The SMILES string of the molecule is Cc1[nH]c2ccccc2c1[C@@H](Nc1cccc[nH+]1)c1ccc(Cl)cc1. The predicted molar refractivity (Wildman–Crippen MR) is 103 cm³/mol. The number of aromatic nitrogens is 2. The van der Waals surface area contributed by atoms with Crippen molar-refractivity contribution < 1.29 is 4.98 Å². The number of aromatic amines is 2. The summed E-state index contributed by atoms with van der Waals surface area (Å²) in [5.41, 5.74) is 4.71. The summed E-state index contributed by atoms with van der Waals surface area (Å²) in [4.78, 5) is 6.76. The van der Waals surface area contributed by atoms with Crippen LogP contribution in [0.1, 0.15) is 22.9 Å². The molecule has 0 saturated heterocycles. The zero-order valence-corrected chi connectivity index (χ0v) is 14.6. The normalized spacial score (nSPS) is 12.2. The van der Waals surface area contributed by atoms with E-state index in [9.17, 15) is 0 Å². The topological polar surface area (TPSA) is 42.0 Å². The molecule has 0 radical (unpaired) electrons. The van der Waals surface area contributed by atoms with Crippen LogP contribution in [-0.4, -0.2) is 4.98 Å². The number of para-hydroxylation sites is 1. The highest BCUT2D eigenvalue weighted by Crippen LogP contribution is 2.34. The van der Waals surface area contributed by atoms with Crippen molar-refractivity contribution in [2.75, 3.05) is 5.32 Å². The van der Waals surface area contributed by atoms with E-state index in [2.05, 4.69) is 58.6 Å². The Labute approximate surface area is 151 Å². The van der Waals surface area contributed by atoms with Gasteiger partial charge in [0.05, 0.1) is 6.20 Å². The number of nitrogens with one attached hydrogen (secondary N) is 3. The third kappa shape index (κ3) is 3.11. The van der Waals surface area contributed by atoms with Gasteiger partial charge in [-0.3, -0.25) is 5.32 Å². The van der Waals surface area contributed by atoms with Crippen molar-refractivity contribution in [1.29, 1.82) is 0 Å². The third-order valence-corrected chi connectivity index (χ3v) is 4.70. The monoisotopic (exact) mass is 348 g/mol. The summed E-state index contributed by atoms with van der Waals surface area (Å²) in [6, 6.07) is 22.4. The van der Waals surface area contributed by atoms with Crippen LogP contribution in [-0.2, 0) is 0 Å². The Bertz CT molecular complexity index is 991. The first-order valence-electron chi connectivity index (χ1n) is 8.28. The van der Waals surface area contributed by atoms with Crippen LogP contribution in [0.15, 0.2) is 72.9 Å². The van der Waals surface area contributed by atoms with E-state index < -0.39 is 0 Å². The molecule has 2 heterocycles. The molecule has 0 fully saturated rings. The summed E-state index contributed by atoms with van der Waals surface area (Å²) in [7, 11) is 0. The molecule has 0 unspecified atom stereocenters. The lowest BCUT2D eigenvalue weighted by Gasteiger charge is -2.16. The summed E-state index contributed by atoms with van der Waals surface area (Å²) < 4.78 is 0. The zero-order valence-electron chi connectivity index (χ0n) is 13.9. The first-order valence-corrected chi connectivity index (χ1v) is 8.66. The number of H-pyrrole nitrogens is 2. The fourth-order valence-corrected chi connectivity index (χ4v) is 3.41. The molecule has 0 spiro atoms. The van der Waals surface area contributed by atoms with Crippen LogP contribution in [0.4, 0.5) is 5.82 Å². The van der Waals surface area contributed by atoms with Gasteiger partial charge in [0.15, 0.2) is 0 Å². The van der Waals surface area contributed by atoms with E-state index in [1.165, 1.54) is 10.9 Å². The molecule has 2 aromatic carbocycles. The zero-order chi connectivity index (χ0) is 17.2. The number of aryl methyl sites for hydroxylation is 1. The second kappa shape index (κ2) is 6.61. The highest BCUT2D eigenvalue weighted by atomic mass is 35.5. The van der Waals surface area contributed by atoms with E-state index in [-0.39, 0.29) is 6.04 Å². The Morgan fingerprint density at radius 2 is 1.72 bits per heavy atom. The molecule has 3 nitrogen and oxygen atoms in total. The van der Waals surface area contributed by atoms with Gasteiger partial charge in [-0.2, -0.15) is 0 Å². The fourth-order valence-electron chi connectivity index (χ4n) is 3.29. The molecule has 0 amide bonds.